The van der Waals surface area contributed by atoms with Gasteiger partial charge in [0.15, 0.2) is 6.20 Å². The Morgan fingerprint density at radius 3 is 1.86 bits per heavy atom. The van der Waals surface area contributed by atoms with Gasteiger partial charge in [0.25, 0.3) is 0 Å². The van der Waals surface area contributed by atoms with Gasteiger partial charge in [-0.2, -0.15) is 4.57 Å². The third-order valence-corrected chi connectivity index (χ3v) is 6.81. The van der Waals surface area contributed by atoms with Gasteiger partial charge in [-0.1, -0.05) is 97.1 Å². The summed E-state index contributed by atoms with van der Waals surface area (Å²) in [6.45, 7) is 2.21. The molecule has 2 nitrogen and oxygen atoms in total. The first-order valence-electron chi connectivity index (χ1n) is 12.0. The summed E-state index contributed by atoms with van der Waals surface area (Å²) in [5.74, 6) is 0. The van der Waals surface area contributed by atoms with Crippen molar-refractivity contribution >= 4 is 10.8 Å². The van der Waals surface area contributed by atoms with Crippen LogP contribution >= 0.6 is 0 Å². The van der Waals surface area contributed by atoms with Gasteiger partial charge in [0.1, 0.15) is 12.7 Å². The molecule has 0 spiro atoms. The fourth-order valence-electron chi connectivity index (χ4n) is 5.13. The van der Waals surface area contributed by atoms with Crippen molar-refractivity contribution in [2.24, 2.45) is 7.05 Å². The third-order valence-electron chi connectivity index (χ3n) is 6.81. The van der Waals surface area contributed by atoms with E-state index in [4.69, 9.17) is 0 Å². The van der Waals surface area contributed by atoms with Gasteiger partial charge in [-0.15, -0.1) is 0 Å². The maximum atomic E-state index is 2.39. The summed E-state index contributed by atoms with van der Waals surface area (Å²) < 4.78 is 4.64. The Balaban J connectivity index is 1.72. The molecular formula is C33H27N2+. The fraction of sp³-hybridized carbons (Fsp3) is 0.0606. The summed E-state index contributed by atoms with van der Waals surface area (Å²) >= 11 is 0. The Kier molecular flexibility index (Phi) is 5.27. The average Bonchev–Trinajstić information content (AvgIpc) is 3.29. The second kappa shape index (κ2) is 8.73. The molecular weight excluding hydrogens is 424 g/mol. The highest BCUT2D eigenvalue weighted by Crippen LogP contribution is 2.39. The topological polar surface area (TPSA) is 8.81 Å². The highest BCUT2D eigenvalue weighted by atomic mass is 15.0. The molecule has 0 atom stereocenters. The number of para-hydroxylation sites is 1. The Morgan fingerprint density at radius 2 is 1.20 bits per heavy atom. The number of hydrogen-bond donors (Lipinski definition) is 0. The van der Waals surface area contributed by atoms with E-state index in [1.807, 2.05) is 0 Å². The van der Waals surface area contributed by atoms with Crippen molar-refractivity contribution in [2.75, 3.05) is 0 Å². The lowest BCUT2D eigenvalue weighted by Crippen LogP contribution is -2.31. The Hall–Kier alpha value is -4.43. The monoisotopic (exact) mass is 451 g/mol. The van der Waals surface area contributed by atoms with Crippen LogP contribution in [-0.4, -0.2) is 4.57 Å². The van der Waals surface area contributed by atoms with Gasteiger partial charge in [-0.3, -0.25) is 0 Å². The maximum Gasteiger partial charge on any atom is 0.237 e. The Bertz CT molecular complexity index is 1590. The normalized spacial score (nSPS) is 11.1. The van der Waals surface area contributed by atoms with E-state index in [-0.39, 0.29) is 0 Å². The van der Waals surface area contributed by atoms with E-state index in [0.29, 0.717) is 0 Å². The molecule has 0 aliphatic rings. The first-order valence-corrected chi connectivity index (χ1v) is 12.0. The fourth-order valence-corrected chi connectivity index (χ4v) is 5.13. The van der Waals surface area contributed by atoms with Gasteiger partial charge in [-0.05, 0) is 41.1 Å². The van der Waals surface area contributed by atoms with E-state index in [1.54, 1.807) is 0 Å². The van der Waals surface area contributed by atoms with Crippen molar-refractivity contribution < 1.29 is 4.57 Å². The first-order chi connectivity index (χ1) is 17.2. The van der Waals surface area contributed by atoms with Crippen molar-refractivity contribution in [2.45, 2.75) is 6.92 Å². The van der Waals surface area contributed by atoms with Gasteiger partial charge in [-0.25, -0.2) is 0 Å². The zero-order chi connectivity index (χ0) is 23.8. The molecule has 2 heterocycles. The van der Waals surface area contributed by atoms with E-state index < -0.39 is 0 Å². The van der Waals surface area contributed by atoms with E-state index in [0.717, 1.165) is 0 Å². The van der Waals surface area contributed by atoms with Crippen molar-refractivity contribution in [3.63, 3.8) is 0 Å². The zero-order valence-corrected chi connectivity index (χ0v) is 20.0. The van der Waals surface area contributed by atoms with Crippen LogP contribution in [-0.2, 0) is 7.05 Å². The number of nitrogens with zero attached hydrogens (tertiary/aromatic N) is 2. The van der Waals surface area contributed by atoms with E-state index in [1.165, 1.54) is 55.7 Å². The van der Waals surface area contributed by atoms with Gasteiger partial charge in [0, 0.05) is 23.4 Å². The van der Waals surface area contributed by atoms with Crippen LogP contribution in [0, 0.1) is 6.92 Å². The molecule has 0 saturated carbocycles. The van der Waals surface area contributed by atoms with Crippen molar-refractivity contribution in [1.82, 2.24) is 4.57 Å². The van der Waals surface area contributed by atoms with Crippen LogP contribution < -0.4 is 4.57 Å². The number of rotatable bonds is 4. The predicted octanol–water partition coefficient (Wildman–Crippen LogP) is 7.76. The van der Waals surface area contributed by atoms with E-state index in [9.17, 15) is 0 Å². The molecule has 2 heteroatoms. The lowest BCUT2D eigenvalue weighted by atomic mass is 9.95. The molecule has 0 N–H and O–H groups in total. The largest absolute Gasteiger partial charge is 0.310 e. The molecule has 0 unspecified atom stereocenters. The van der Waals surface area contributed by atoms with Gasteiger partial charge in [0.2, 0.25) is 5.69 Å². The van der Waals surface area contributed by atoms with Crippen molar-refractivity contribution in [3.05, 3.63) is 133 Å². The maximum absolute atomic E-state index is 2.39. The Labute approximate surface area is 206 Å². The molecule has 0 amide bonds. The predicted molar refractivity (Wildman–Crippen MR) is 145 cm³/mol. The summed E-state index contributed by atoms with van der Waals surface area (Å²) in [4.78, 5) is 0. The number of aromatic nitrogens is 2. The van der Waals surface area contributed by atoms with Crippen molar-refractivity contribution in [1.29, 1.82) is 0 Å². The molecule has 2 aromatic heterocycles. The first kappa shape index (κ1) is 21.1. The number of fused-ring (bicyclic) bond motifs is 1. The SMILES string of the molecule is Cc1ccn(-c2c(-c3ccccc3)cccc2-c2ccccc2)c1-c1c2ccccc2cc[n+]1C. The molecule has 0 radical (unpaired) electrons. The van der Waals surface area contributed by atoms with Gasteiger partial charge >= 0.3 is 0 Å². The molecule has 168 valence electrons. The summed E-state index contributed by atoms with van der Waals surface area (Å²) in [6.07, 6.45) is 4.39. The molecule has 0 fully saturated rings. The second-order valence-electron chi connectivity index (χ2n) is 9.01. The van der Waals surface area contributed by atoms with Gasteiger partial charge < -0.3 is 4.57 Å². The van der Waals surface area contributed by atoms with Crippen LogP contribution in [0.25, 0.3) is 50.1 Å². The number of aryl methyl sites for hydroxylation is 2. The average molecular weight is 452 g/mol. The number of hydrogen-bond acceptors (Lipinski definition) is 0. The van der Waals surface area contributed by atoms with E-state index >= 15 is 0 Å². The molecule has 0 aliphatic heterocycles. The molecule has 35 heavy (non-hydrogen) atoms. The highest BCUT2D eigenvalue weighted by Gasteiger charge is 2.24. The summed E-state index contributed by atoms with van der Waals surface area (Å²) in [6, 6.07) is 41.1. The highest BCUT2D eigenvalue weighted by molar-refractivity contribution is 5.94. The lowest BCUT2D eigenvalue weighted by Gasteiger charge is -2.19. The van der Waals surface area contributed by atoms with E-state index in [2.05, 4.69) is 151 Å². The lowest BCUT2D eigenvalue weighted by molar-refractivity contribution is -0.659. The summed E-state index contributed by atoms with van der Waals surface area (Å²) in [5, 5.41) is 2.49. The molecule has 6 aromatic rings. The minimum absolute atomic E-state index is 1.20. The minimum atomic E-state index is 1.20. The minimum Gasteiger partial charge on any atom is -0.310 e. The van der Waals surface area contributed by atoms with Crippen molar-refractivity contribution in [3.8, 4) is 39.3 Å². The second-order valence-corrected chi connectivity index (χ2v) is 9.01. The van der Waals surface area contributed by atoms with Crippen LogP contribution in [0.1, 0.15) is 5.56 Å². The standard InChI is InChI=1S/C33H27N2/c1-24-20-23-35(31(24)33-30-17-10-9-16-27(30)21-22-34(33)2)32-28(25-12-5-3-6-13-25)18-11-19-29(32)26-14-7-4-8-15-26/h3-23H,1-2H3/q+1. The molecule has 4 aromatic carbocycles. The zero-order valence-electron chi connectivity index (χ0n) is 20.0. The van der Waals surface area contributed by atoms with Gasteiger partial charge in [0.05, 0.1) is 11.1 Å². The summed E-state index contributed by atoms with van der Waals surface area (Å²) in [7, 11) is 2.14. The number of benzene rings is 4. The molecule has 6 rings (SSSR count). The van der Waals surface area contributed by atoms with Crippen LogP contribution in [0.4, 0.5) is 0 Å². The van der Waals surface area contributed by atoms with Crippen LogP contribution in [0.2, 0.25) is 0 Å². The molecule has 0 aliphatic carbocycles. The smallest absolute Gasteiger partial charge is 0.237 e. The molecule has 0 bridgehead atoms. The van der Waals surface area contributed by atoms with Crippen LogP contribution in [0.15, 0.2) is 128 Å². The Morgan fingerprint density at radius 1 is 0.600 bits per heavy atom. The third kappa shape index (κ3) is 3.64. The molecule has 0 saturated heterocycles. The quantitative estimate of drug-likeness (QED) is 0.242. The van der Waals surface area contributed by atoms with Crippen LogP contribution in [0.5, 0.6) is 0 Å². The summed E-state index contributed by atoms with van der Waals surface area (Å²) in [5.41, 5.74) is 9.72. The number of pyridine rings is 1. The van der Waals surface area contributed by atoms with Crippen LogP contribution in [0.3, 0.4) is 0 Å².